The Morgan fingerprint density at radius 1 is 1.13 bits per heavy atom. The van der Waals surface area contributed by atoms with Crippen LogP contribution >= 0.6 is 0 Å². The first kappa shape index (κ1) is 20.6. The quantitative estimate of drug-likeness (QED) is 0.564. The van der Waals surface area contributed by atoms with Crippen molar-refractivity contribution in [3.8, 4) is 22.6 Å². The summed E-state index contributed by atoms with van der Waals surface area (Å²) in [6.07, 6.45) is 1.83. The first-order chi connectivity index (χ1) is 14.9. The maximum atomic E-state index is 14.2. The molecule has 1 atom stereocenters. The summed E-state index contributed by atoms with van der Waals surface area (Å²) in [6.45, 7) is 0.524. The van der Waals surface area contributed by atoms with Crippen LogP contribution in [0.2, 0.25) is 0 Å². The van der Waals surface area contributed by atoms with E-state index in [9.17, 15) is 22.8 Å². The smallest absolute Gasteiger partial charge is 0.242 e. The van der Waals surface area contributed by atoms with E-state index in [2.05, 4.69) is 20.6 Å². The molecule has 9 heteroatoms. The van der Waals surface area contributed by atoms with Crippen LogP contribution in [0.5, 0.6) is 0 Å². The normalized spacial score (nSPS) is 15.7. The second kappa shape index (κ2) is 8.63. The molecule has 1 fully saturated rings. The van der Waals surface area contributed by atoms with E-state index in [-0.39, 0.29) is 30.3 Å². The number of halogens is 3. The number of hydrogen-bond acceptors (Lipinski definition) is 3. The van der Waals surface area contributed by atoms with Gasteiger partial charge in [-0.1, -0.05) is 0 Å². The van der Waals surface area contributed by atoms with Crippen molar-refractivity contribution in [1.29, 1.82) is 0 Å². The van der Waals surface area contributed by atoms with Gasteiger partial charge >= 0.3 is 0 Å². The molecule has 3 aromatic rings. The van der Waals surface area contributed by atoms with Crippen molar-refractivity contribution in [2.75, 3.05) is 6.54 Å². The van der Waals surface area contributed by atoms with Gasteiger partial charge in [0.05, 0.1) is 11.9 Å². The number of nitrogens with one attached hydrogen (secondary N) is 3. The summed E-state index contributed by atoms with van der Waals surface area (Å²) in [7, 11) is 0. The zero-order valence-corrected chi connectivity index (χ0v) is 16.3. The summed E-state index contributed by atoms with van der Waals surface area (Å²) in [5.74, 6) is -2.52. The predicted octanol–water partition coefficient (Wildman–Crippen LogP) is 3.10. The second-order valence-electron chi connectivity index (χ2n) is 7.27. The number of aromatic amines is 1. The van der Waals surface area contributed by atoms with Gasteiger partial charge in [-0.25, -0.2) is 18.2 Å². The molecule has 1 aliphatic heterocycles. The zero-order valence-electron chi connectivity index (χ0n) is 16.3. The van der Waals surface area contributed by atoms with Crippen LogP contribution in [0.3, 0.4) is 0 Å². The van der Waals surface area contributed by atoms with E-state index < -0.39 is 23.5 Å². The van der Waals surface area contributed by atoms with Gasteiger partial charge in [-0.2, -0.15) is 0 Å². The van der Waals surface area contributed by atoms with Gasteiger partial charge < -0.3 is 15.6 Å². The van der Waals surface area contributed by atoms with Crippen LogP contribution < -0.4 is 10.6 Å². The fourth-order valence-electron chi connectivity index (χ4n) is 3.56. The number of carbonyl (C=O) groups excluding carboxylic acids is 2. The van der Waals surface area contributed by atoms with E-state index >= 15 is 0 Å². The van der Waals surface area contributed by atoms with Crippen LogP contribution in [0.4, 0.5) is 13.2 Å². The summed E-state index contributed by atoms with van der Waals surface area (Å²) in [6, 6.07) is 7.54. The van der Waals surface area contributed by atoms with Crippen LogP contribution in [0.15, 0.2) is 42.6 Å². The van der Waals surface area contributed by atoms with Gasteiger partial charge in [-0.05, 0) is 54.3 Å². The third-order valence-electron chi connectivity index (χ3n) is 5.10. The molecule has 0 spiro atoms. The molecule has 0 radical (unpaired) electrons. The average molecular weight is 428 g/mol. The van der Waals surface area contributed by atoms with Gasteiger partial charge in [-0.15, -0.1) is 0 Å². The average Bonchev–Trinajstić information content (AvgIpc) is 3.33. The number of H-pyrrole nitrogens is 1. The third-order valence-corrected chi connectivity index (χ3v) is 5.10. The van der Waals surface area contributed by atoms with Crippen molar-refractivity contribution >= 4 is 11.8 Å². The lowest BCUT2D eigenvalue weighted by molar-refractivity contribution is -0.127. The van der Waals surface area contributed by atoms with E-state index in [4.69, 9.17) is 0 Å². The van der Waals surface area contributed by atoms with E-state index in [0.717, 1.165) is 12.3 Å². The lowest BCUT2D eigenvalue weighted by Gasteiger charge is -2.10. The number of aryl methyl sites for hydroxylation is 1. The number of benzene rings is 1. The minimum Gasteiger partial charge on any atom is -0.354 e. The van der Waals surface area contributed by atoms with Gasteiger partial charge in [0.15, 0.2) is 5.82 Å². The van der Waals surface area contributed by atoms with Gasteiger partial charge in [0.2, 0.25) is 11.8 Å². The highest BCUT2D eigenvalue weighted by Gasteiger charge is 2.25. The molecule has 0 bridgehead atoms. The molecule has 1 saturated heterocycles. The highest BCUT2D eigenvalue weighted by Crippen LogP contribution is 2.30. The van der Waals surface area contributed by atoms with Crippen LogP contribution in [-0.4, -0.2) is 34.4 Å². The lowest BCUT2D eigenvalue weighted by atomic mass is 10.0. The van der Waals surface area contributed by atoms with Crippen molar-refractivity contribution in [3.05, 3.63) is 65.6 Å². The van der Waals surface area contributed by atoms with E-state index in [1.807, 2.05) is 0 Å². The summed E-state index contributed by atoms with van der Waals surface area (Å²) in [5.41, 5.74) is 2.14. The molecule has 0 aliphatic carbocycles. The number of carbonyl (C=O) groups is 2. The minimum atomic E-state index is -0.830. The molecule has 31 heavy (non-hydrogen) atoms. The number of nitrogens with zero attached hydrogens (tertiary/aromatic N) is 1. The van der Waals surface area contributed by atoms with Crippen LogP contribution in [0.1, 0.15) is 18.4 Å². The van der Waals surface area contributed by atoms with Gasteiger partial charge in [0, 0.05) is 24.7 Å². The molecule has 3 N–H and O–H groups in total. The Morgan fingerprint density at radius 2 is 1.90 bits per heavy atom. The van der Waals surface area contributed by atoms with E-state index in [1.165, 1.54) is 12.1 Å². The Kier molecular flexibility index (Phi) is 5.75. The molecule has 4 rings (SSSR count). The SMILES string of the molecule is O=C(CCc1cc(-c2ncc(F)cc2F)[nH]c1-c1ccc(F)cc1)NC1CCNC1=O. The fraction of sp³-hybridized carbons (Fsp3) is 0.227. The van der Waals surface area contributed by atoms with Gasteiger partial charge in [0.25, 0.3) is 0 Å². The first-order valence-electron chi connectivity index (χ1n) is 9.77. The van der Waals surface area contributed by atoms with Crippen LogP contribution in [0.25, 0.3) is 22.6 Å². The second-order valence-corrected chi connectivity index (χ2v) is 7.27. The topological polar surface area (TPSA) is 86.9 Å². The largest absolute Gasteiger partial charge is 0.354 e. The highest BCUT2D eigenvalue weighted by molar-refractivity contribution is 5.89. The van der Waals surface area contributed by atoms with Crippen molar-refractivity contribution in [1.82, 2.24) is 20.6 Å². The number of pyridine rings is 1. The van der Waals surface area contributed by atoms with Crippen LogP contribution in [-0.2, 0) is 16.0 Å². The van der Waals surface area contributed by atoms with Crippen molar-refractivity contribution in [2.24, 2.45) is 0 Å². The molecule has 160 valence electrons. The maximum absolute atomic E-state index is 14.2. The van der Waals surface area contributed by atoms with E-state index in [0.29, 0.717) is 35.5 Å². The maximum Gasteiger partial charge on any atom is 0.242 e. The van der Waals surface area contributed by atoms with Crippen molar-refractivity contribution < 1.29 is 22.8 Å². The summed E-state index contributed by atoms with van der Waals surface area (Å²) >= 11 is 0. The lowest BCUT2D eigenvalue weighted by Crippen LogP contribution is -2.40. The fourth-order valence-corrected chi connectivity index (χ4v) is 3.56. The number of hydrogen-bond donors (Lipinski definition) is 3. The Labute approximate surface area is 175 Å². The molecular weight excluding hydrogens is 409 g/mol. The monoisotopic (exact) mass is 428 g/mol. The van der Waals surface area contributed by atoms with Gasteiger partial charge in [-0.3, -0.25) is 9.59 Å². The molecule has 2 amide bonds. The standard InChI is InChI=1S/C22H19F3N4O2/c23-14-4-1-12(2-5-14)20-13(3-6-19(30)28-17-7-8-26-22(17)31)9-18(29-20)21-16(25)10-15(24)11-27-21/h1-2,4-5,9-11,17,29H,3,6-8H2,(H,26,31)(H,28,30). The third kappa shape index (κ3) is 4.60. The zero-order chi connectivity index (χ0) is 22.0. The first-order valence-corrected chi connectivity index (χ1v) is 9.77. The van der Waals surface area contributed by atoms with Crippen LogP contribution in [0, 0.1) is 17.5 Å². The Bertz CT molecular complexity index is 1130. The number of aromatic nitrogens is 2. The molecule has 2 aromatic heterocycles. The molecule has 1 aromatic carbocycles. The van der Waals surface area contributed by atoms with Crippen molar-refractivity contribution in [2.45, 2.75) is 25.3 Å². The summed E-state index contributed by atoms with van der Waals surface area (Å²) in [4.78, 5) is 30.8. The van der Waals surface area contributed by atoms with Gasteiger partial charge in [0.1, 0.15) is 23.4 Å². The number of rotatable bonds is 6. The Balaban J connectivity index is 1.60. The number of amides is 2. The Morgan fingerprint density at radius 3 is 2.58 bits per heavy atom. The molecule has 3 heterocycles. The van der Waals surface area contributed by atoms with Crippen molar-refractivity contribution in [3.63, 3.8) is 0 Å². The van der Waals surface area contributed by atoms with E-state index in [1.54, 1.807) is 18.2 Å². The summed E-state index contributed by atoms with van der Waals surface area (Å²) < 4.78 is 40.8. The molecule has 1 aliphatic rings. The summed E-state index contributed by atoms with van der Waals surface area (Å²) in [5, 5.41) is 5.35. The molecular formula is C22H19F3N4O2. The minimum absolute atomic E-state index is 0.0666. The Hall–Kier alpha value is -3.62. The predicted molar refractivity (Wildman–Crippen MR) is 107 cm³/mol. The molecule has 0 saturated carbocycles. The highest BCUT2D eigenvalue weighted by atomic mass is 19.1. The molecule has 1 unspecified atom stereocenters. The molecule has 6 nitrogen and oxygen atoms in total.